The fraction of sp³-hybridized carbons (Fsp3) is 0.435. The lowest BCUT2D eigenvalue weighted by Crippen LogP contribution is -2.46. The summed E-state index contributed by atoms with van der Waals surface area (Å²) in [6, 6.07) is 12.0. The van der Waals surface area contributed by atoms with Crippen LogP contribution in [0.1, 0.15) is 24.8 Å². The molecule has 160 valence electrons. The van der Waals surface area contributed by atoms with E-state index in [1.54, 1.807) is 0 Å². The zero-order chi connectivity index (χ0) is 20.9. The number of hydrogen-bond acceptors (Lipinski definition) is 5. The van der Waals surface area contributed by atoms with Crippen LogP contribution in [-0.4, -0.2) is 50.1 Å². The first kappa shape index (κ1) is 21.3. The summed E-state index contributed by atoms with van der Waals surface area (Å²) in [6.07, 6.45) is 3.95. The Morgan fingerprint density at radius 1 is 1.00 bits per heavy atom. The monoisotopic (exact) mass is 446 g/mol. The molecule has 2 aromatic rings. The number of anilines is 1. The molecular weight excluding hydrogens is 419 g/mol. The topological polar surface area (TPSA) is 54.1 Å². The van der Waals surface area contributed by atoms with Gasteiger partial charge in [0.1, 0.15) is 5.75 Å². The third-order valence-corrected chi connectivity index (χ3v) is 6.56. The summed E-state index contributed by atoms with van der Waals surface area (Å²) < 4.78 is 5.93. The Balaban J connectivity index is 1.16. The summed E-state index contributed by atoms with van der Waals surface area (Å²) in [7, 11) is 0. The number of ether oxygens (including phenoxy) is 1. The summed E-state index contributed by atoms with van der Waals surface area (Å²) in [5, 5.41) is 1.27. The summed E-state index contributed by atoms with van der Waals surface area (Å²) in [5.74, 6) is 1.58. The molecule has 0 spiro atoms. The Morgan fingerprint density at radius 3 is 2.67 bits per heavy atom. The van der Waals surface area contributed by atoms with Crippen LogP contribution in [0.4, 0.5) is 11.4 Å². The Bertz CT molecular complexity index is 910. The van der Waals surface area contributed by atoms with Gasteiger partial charge in [0, 0.05) is 38.7 Å². The Hall–Kier alpha value is -1.95. The number of fused-ring (bicyclic) bond motifs is 1. The third kappa shape index (κ3) is 5.20. The van der Waals surface area contributed by atoms with Crippen molar-refractivity contribution in [1.82, 2.24) is 4.90 Å². The Morgan fingerprint density at radius 2 is 1.83 bits per heavy atom. The quantitative estimate of drug-likeness (QED) is 0.613. The van der Waals surface area contributed by atoms with Crippen molar-refractivity contribution < 1.29 is 4.74 Å². The van der Waals surface area contributed by atoms with Crippen LogP contribution < -0.4 is 15.4 Å². The van der Waals surface area contributed by atoms with E-state index in [2.05, 4.69) is 20.9 Å². The van der Waals surface area contributed by atoms with E-state index in [9.17, 15) is 0 Å². The van der Waals surface area contributed by atoms with Crippen molar-refractivity contribution in [2.75, 3.05) is 44.2 Å². The smallest absolute Gasteiger partial charge is 0.121 e. The zero-order valence-electron chi connectivity index (χ0n) is 17.1. The Kier molecular flexibility index (Phi) is 7.03. The summed E-state index contributed by atoms with van der Waals surface area (Å²) >= 11 is 12.5. The molecule has 0 unspecified atom stereocenters. The van der Waals surface area contributed by atoms with Crippen molar-refractivity contribution in [3.8, 4) is 5.75 Å². The second kappa shape index (κ2) is 9.90. The van der Waals surface area contributed by atoms with Crippen LogP contribution in [0.3, 0.4) is 0 Å². The van der Waals surface area contributed by atoms with Gasteiger partial charge in [-0.05, 0) is 49.6 Å². The number of nitrogens with zero attached hydrogens (tertiary/aromatic N) is 3. The van der Waals surface area contributed by atoms with E-state index in [4.69, 9.17) is 33.7 Å². The molecular formula is C23H28Cl2N4O. The molecule has 0 radical (unpaired) electrons. The lowest BCUT2D eigenvalue weighted by Gasteiger charge is -2.36. The minimum Gasteiger partial charge on any atom is -0.494 e. The van der Waals surface area contributed by atoms with Crippen molar-refractivity contribution in [2.24, 2.45) is 10.7 Å². The first-order valence-electron chi connectivity index (χ1n) is 10.6. The van der Waals surface area contributed by atoms with Crippen molar-refractivity contribution in [2.45, 2.75) is 25.7 Å². The number of aryl methyl sites for hydroxylation is 1. The number of hydrogen-bond donors (Lipinski definition) is 1. The van der Waals surface area contributed by atoms with E-state index < -0.39 is 0 Å². The number of halogens is 2. The van der Waals surface area contributed by atoms with Gasteiger partial charge in [0.05, 0.1) is 33.9 Å². The van der Waals surface area contributed by atoms with Crippen molar-refractivity contribution in [1.29, 1.82) is 0 Å². The van der Waals surface area contributed by atoms with Crippen molar-refractivity contribution >= 4 is 40.4 Å². The SMILES string of the molecule is NC1=Nc2cc(OCCCCN3CCN(c4cccc(Cl)c4Cl)CC3)ccc2CC1. The highest BCUT2D eigenvalue weighted by molar-refractivity contribution is 6.43. The first-order chi connectivity index (χ1) is 14.6. The maximum atomic E-state index is 6.36. The molecule has 2 aromatic carbocycles. The van der Waals surface area contributed by atoms with Crippen LogP contribution in [-0.2, 0) is 6.42 Å². The highest BCUT2D eigenvalue weighted by atomic mass is 35.5. The van der Waals surface area contributed by atoms with E-state index in [1.165, 1.54) is 5.56 Å². The largest absolute Gasteiger partial charge is 0.494 e. The van der Waals surface area contributed by atoms with Crippen molar-refractivity contribution in [3.05, 3.63) is 52.0 Å². The van der Waals surface area contributed by atoms with Crippen LogP contribution in [0.15, 0.2) is 41.4 Å². The standard InChI is InChI=1S/C23H28Cl2N4O/c24-19-4-3-5-21(23(19)25)29-13-11-28(12-14-29)10-1-2-15-30-18-8-6-17-7-9-22(26)27-20(17)16-18/h3-6,8,16H,1-2,7,9-15H2,(H2,26,27). The van der Waals surface area contributed by atoms with E-state index in [0.717, 1.165) is 82.1 Å². The fourth-order valence-electron chi connectivity index (χ4n) is 4.00. The molecule has 30 heavy (non-hydrogen) atoms. The lowest BCUT2D eigenvalue weighted by molar-refractivity contribution is 0.238. The van der Waals surface area contributed by atoms with Gasteiger partial charge in [-0.15, -0.1) is 0 Å². The number of nitrogens with two attached hydrogens (primary N) is 1. The molecule has 0 amide bonds. The van der Waals surface area contributed by atoms with E-state index in [0.29, 0.717) is 15.9 Å². The van der Waals surface area contributed by atoms with E-state index >= 15 is 0 Å². The number of aliphatic imine (C=N–C) groups is 1. The van der Waals surface area contributed by atoms with Gasteiger partial charge in [-0.1, -0.05) is 35.3 Å². The molecule has 2 aliphatic rings. The molecule has 2 heterocycles. The van der Waals surface area contributed by atoms with Crippen LogP contribution >= 0.6 is 23.2 Å². The molecule has 0 bridgehead atoms. The predicted octanol–water partition coefficient (Wildman–Crippen LogP) is 4.91. The number of benzene rings is 2. The molecule has 0 aromatic heterocycles. The van der Waals surface area contributed by atoms with Crippen LogP contribution in [0, 0.1) is 0 Å². The highest BCUT2D eigenvalue weighted by Crippen LogP contribution is 2.33. The molecule has 0 aliphatic carbocycles. The second-order valence-corrected chi connectivity index (χ2v) is 8.64. The lowest BCUT2D eigenvalue weighted by atomic mass is 10.0. The van der Waals surface area contributed by atoms with Gasteiger partial charge in [-0.25, -0.2) is 4.99 Å². The van der Waals surface area contributed by atoms with Gasteiger partial charge in [-0.3, -0.25) is 4.90 Å². The molecule has 5 nitrogen and oxygen atoms in total. The minimum absolute atomic E-state index is 0.616. The maximum Gasteiger partial charge on any atom is 0.121 e. The van der Waals surface area contributed by atoms with Crippen LogP contribution in [0.25, 0.3) is 0 Å². The predicted molar refractivity (Wildman–Crippen MR) is 126 cm³/mol. The molecule has 1 fully saturated rings. The highest BCUT2D eigenvalue weighted by Gasteiger charge is 2.19. The minimum atomic E-state index is 0.616. The maximum absolute atomic E-state index is 6.36. The number of amidine groups is 1. The third-order valence-electron chi connectivity index (χ3n) is 5.75. The number of unbranched alkanes of at least 4 members (excludes halogenated alkanes) is 1. The molecule has 1 saturated heterocycles. The first-order valence-corrected chi connectivity index (χ1v) is 11.4. The van der Waals surface area contributed by atoms with Crippen molar-refractivity contribution in [3.63, 3.8) is 0 Å². The normalized spacial score (nSPS) is 16.9. The summed E-state index contributed by atoms with van der Waals surface area (Å²) in [5.41, 5.74) is 9.09. The number of rotatable bonds is 7. The molecule has 0 atom stereocenters. The fourth-order valence-corrected chi connectivity index (χ4v) is 4.41. The second-order valence-electron chi connectivity index (χ2n) is 7.85. The van der Waals surface area contributed by atoms with E-state index in [-0.39, 0.29) is 0 Å². The van der Waals surface area contributed by atoms with Gasteiger partial charge in [0.2, 0.25) is 0 Å². The molecule has 4 rings (SSSR count). The Labute approximate surface area is 188 Å². The van der Waals surface area contributed by atoms with Gasteiger partial charge in [-0.2, -0.15) is 0 Å². The molecule has 2 N–H and O–H groups in total. The van der Waals surface area contributed by atoms with Gasteiger partial charge < -0.3 is 15.4 Å². The summed E-state index contributed by atoms with van der Waals surface area (Å²) in [6.45, 7) is 5.81. The van der Waals surface area contributed by atoms with E-state index in [1.807, 2.05) is 30.3 Å². The average Bonchev–Trinajstić information content (AvgIpc) is 2.76. The molecule has 2 aliphatic heterocycles. The van der Waals surface area contributed by atoms with Crippen LogP contribution in [0.2, 0.25) is 10.0 Å². The summed E-state index contributed by atoms with van der Waals surface area (Å²) in [4.78, 5) is 9.26. The number of piperazine rings is 1. The van der Waals surface area contributed by atoms with Crippen LogP contribution in [0.5, 0.6) is 5.75 Å². The average molecular weight is 447 g/mol. The van der Waals surface area contributed by atoms with Gasteiger partial charge >= 0.3 is 0 Å². The van der Waals surface area contributed by atoms with Gasteiger partial charge in [0.15, 0.2) is 0 Å². The molecule has 0 saturated carbocycles. The zero-order valence-corrected chi connectivity index (χ0v) is 18.6. The van der Waals surface area contributed by atoms with Gasteiger partial charge in [0.25, 0.3) is 0 Å². The molecule has 7 heteroatoms.